The van der Waals surface area contributed by atoms with E-state index < -0.39 is 0 Å². The van der Waals surface area contributed by atoms with Crippen molar-refractivity contribution in [2.24, 2.45) is 5.92 Å². The molecule has 1 aliphatic rings. The van der Waals surface area contributed by atoms with Crippen LogP contribution in [0.15, 0.2) is 30.3 Å². The molecule has 4 atom stereocenters. The molecule has 0 radical (unpaired) electrons. The molecule has 3 N–H and O–H groups in total. The molecular formula is C16H24N2O2. The number of urea groups is 1. The highest BCUT2D eigenvalue weighted by atomic mass is 16.3. The number of hydrogen-bond acceptors (Lipinski definition) is 2. The van der Waals surface area contributed by atoms with E-state index in [-0.39, 0.29) is 18.1 Å². The molecule has 110 valence electrons. The molecule has 0 saturated heterocycles. The zero-order valence-electron chi connectivity index (χ0n) is 12.2. The molecule has 0 spiro atoms. The lowest BCUT2D eigenvalue weighted by molar-refractivity contribution is 0.173. The Hall–Kier alpha value is -1.55. The molecule has 1 aromatic rings. The highest BCUT2D eigenvalue weighted by Gasteiger charge is 2.33. The maximum atomic E-state index is 11.8. The van der Waals surface area contributed by atoms with Crippen LogP contribution in [0, 0.1) is 5.92 Å². The Morgan fingerprint density at radius 3 is 2.60 bits per heavy atom. The first-order chi connectivity index (χ1) is 9.56. The van der Waals surface area contributed by atoms with E-state index in [1.165, 1.54) is 0 Å². The minimum Gasteiger partial charge on any atom is -0.393 e. The normalized spacial score (nSPS) is 23.8. The second-order valence-corrected chi connectivity index (χ2v) is 5.87. The molecule has 1 saturated carbocycles. The Morgan fingerprint density at radius 2 is 2.05 bits per heavy atom. The first-order valence-electron chi connectivity index (χ1n) is 7.33. The van der Waals surface area contributed by atoms with Crippen molar-refractivity contribution in [3.8, 4) is 0 Å². The topological polar surface area (TPSA) is 61.4 Å². The fourth-order valence-corrected chi connectivity index (χ4v) is 2.43. The van der Waals surface area contributed by atoms with Crippen molar-refractivity contribution >= 4 is 6.03 Å². The van der Waals surface area contributed by atoms with E-state index in [9.17, 15) is 9.90 Å². The van der Waals surface area contributed by atoms with Crippen molar-refractivity contribution < 1.29 is 9.90 Å². The number of carbonyl (C=O) groups is 1. The minimum atomic E-state index is -0.381. The smallest absolute Gasteiger partial charge is 0.315 e. The first kappa shape index (κ1) is 14.9. The van der Waals surface area contributed by atoms with Gasteiger partial charge in [0, 0.05) is 18.5 Å². The van der Waals surface area contributed by atoms with Crippen molar-refractivity contribution in [3.05, 3.63) is 35.9 Å². The highest BCUT2D eigenvalue weighted by molar-refractivity contribution is 5.74. The van der Waals surface area contributed by atoms with E-state index in [1.807, 2.05) is 30.3 Å². The molecule has 1 aromatic carbocycles. The zero-order chi connectivity index (χ0) is 14.5. The van der Waals surface area contributed by atoms with Gasteiger partial charge in [-0.3, -0.25) is 0 Å². The van der Waals surface area contributed by atoms with Gasteiger partial charge in [-0.05, 0) is 31.2 Å². The molecule has 20 heavy (non-hydrogen) atoms. The Morgan fingerprint density at radius 1 is 1.40 bits per heavy atom. The van der Waals surface area contributed by atoms with Gasteiger partial charge in [0.15, 0.2) is 0 Å². The monoisotopic (exact) mass is 276 g/mol. The van der Waals surface area contributed by atoms with Crippen LogP contribution in [0.3, 0.4) is 0 Å². The Kier molecular flexibility index (Phi) is 5.01. The first-order valence-corrected chi connectivity index (χ1v) is 7.33. The Balaban J connectivity index is 1.86. The van der Waals surface area contributed by atoms with Gasteiger partial charge in [0.2, 0.25) is 0 Å². The summed E-state index contributed by atoms with van der Waals surface area (Å²) in [4.78, 5) is 11.8. The number of aliphatic hydroxyl groups excluding tert-OH is 1. The summed E-state index contributed by atoms with van der Waals surface area (Å²) in [6.07, 6.45) is 1.33. The van der Waals surface area contributed by atoms with Crippen LogP contribution in [0.4, 0.5) is 4.79 Å². The van der Waals surface area contributed by atoms with Crippen molar-refractivity contribution in [1.82, 2.24) is 10.6 Å². The van der Waals surface area contributed by atoms with Gasteiger partial charge in [0.05, 0.1) is 6.10 Å². The lowest BCUT2D eigenvalue weighted by Crippen LogP contribution is -2.39. The SMILES string of the molecule is CC(O)CC(CNC(=O)NC1CC1C)c1ccccc1. The molecule has 4 nitrogen and oxygen atoms in total. The molecule has 0 aromatic heterocycles. The molecular weight excluding hydrogens is 252 g/mol. The van der Waals surface area contributed by atoms with Crippen LogP contribution in [0.2, 0.25) is 0 Å². The van der Waals surface area contributed by atoms with Crippen LogP contribution >= 0.6 is 0 Å². The number of benzene rings is 1. The molecule has 0 aliphatic heterocycles. The van der Waals surface area contributed by atoms with Gasteiger partial charge in [0.1, 0.15) is 0 Å². The van der Waals surface area contributed by atoms with E-state index in [0.717, 1.165) is 12.0 Å². The van der Waals surface area contributed by atoms with Crippen molar-refractivity contribution in [2.45, 2.75) is 44.8 Å². The summed E-state index contributed by atoms with van der Waals surface area (Å²) < 4.78 is 0. The molecule has 1 fully saturated rings. The predicted octanol–water partition coefficient (Wildman–Crippen LogP) is 2.25. The van der Waals surface area contributed by atoms with E-state index in [2.05, 4.69) is 17.6 Å². The van der Waals surface area contributed by atoms with Gasteiger partial charge in [-0.1, -0.05) is 37.3 Å². The molecule has 0 heterocycles. The molecule has 1 aliphatic carbocycles. The van der Waals surface area contributed by atoms with Crippen LogP contribution in [-0.2, 0) is 0 Å². The Bertz CT molecular complexity index is 433. The zero-order valence-corrected chi connectivity index (χ0v) is 12.2. The number of rotatable bonds is 6. The third kappa shape index (κ3) is 4.53. The van der Waals surface area contributed by atoms with Gasteiger partial charge >= 0.3 is 6.03 Å². The predicted molar refractivity (Wildman–Crippen MR) is 79.6 cm³/mol. The number of nitrogens with one attached hydrogen (secondary N) is 2. The average molecular weight is 276 g/mol. The molecule has 2 rings (SSSR count). The van der Waals surface area contributed by atoms with Crippen LogP contribution < -0.4 is 10.6 Å². The third-order valence-electron chi connectivity index (χ3n) is 3.83. The lowest BCUT2D eigenvalue weighted by atomic mass is 9.93. The van der Waals surface area contributed by atoms with Crippen LogP contribution in [0.25, 0.3) is 0 Å². The minimum absolute atomic E-state index is 0.106. The highest BCUT2D eigenvalue weighted by Crippen LogP contribution is 2.28. The number of hydrogen-bond donors (Lipinski definition) is 3. The Labute approximate surface area is 120 Å². The quantitative estimate of drug-likeness (QED) is 0.746. The summed E-state index contributed by atoms with van der Waals surface area (Å²) in [5, 5.41) is 15.5. The second-order valence-electron chi connectivity index (χ2n) is 5.87. The number of amides is 2. The standard InChI is InChI=1S/C16H24N2O2/c1-11-8-15(11)18-16(20)17-10-14(9-12(2)19)13-6-4-3-5-7-13/h3-7,11-12,14-15,19H,8-10H2,1-2H3,(H2,17,18,20). The number of aliphatic hydroxyl groups is 1. The van der Waals surface area contributed by atoms with Gasteiger partial charge in [-0.2, -0.15) is 0 Å². The summed E-state index contributed by atoms with van der Waals surface area (Å²) in [6.45, 7) is 4.45. The van der Waals surface area contributed by atoms with Gasteiger partial charge in [0.25, 0.3) is 0 Å². The number of carbonyl (C=O) groups excluding carboxylic acids is 1. The van der Waals surface area contributed by atoms with E-state index in [1.54, 1.807) is 6.92 Å². The summed E-state index contributed by atoms with van der Waals surface area (Å²) >= 11 is 0. The van der Waals surface area contributed by atoms with E-state index in [0.29, 0.717) is 24.9 Å². The van der Waals surface area contributed by atoms with Crippen LogP contribution in [-0.4, -0.2) is 29.8 Å². The fourth-order valence-electron chi connectivity index (χ4n) is 2.43. The van der Waals surface area contributed by atoms with Crippen LogP contribution in [0.5, 0.6) is 0 Å². The average Bonchev–Trinajstić information content (AvgIpc) is 3.10. The van der Waals surface area contributed by atoms with E-state index in [4.69, 9.17) is 0 Å². The van der Waals surface area contributed by atoms with Crippen molar-refractivity contribution in [2.75, 3.05) is 6.54 Å². The maximum Gasteiger partial charge on any atom is 0.315 e. The summed E-state index contributed by atoms with van der Waals surface area (Å²) in [5.41, 5.74) is 1.15. The summed E-state index contributed by atoms with van der Waals surface area (Å²) in [5.74, 6) is 0.738. The maximum absolute atomic E-state index is 11.8. The van der Waals surface area contributed by atoms with Crippen molar-refractivity contribution in [3.63, 3.8) is 0 Å². The van der Waals surface area contributed by atoms with Gasteiger partial charge < -0.3 is 15.7 Å². The van der Waals surface area contributed by atoms with E-state index >= 15 is 0 Å². The third-order valence-corrected chi connectivity index (χ3v) is 3.83. The van der Waals surface area contributed by atoms with Crippen LogP contribution in [0.1, 0.15) is 38.2 Å². The molecule has 2 amide bonds. The molecule has 0 bridgehead atoms. The fraction of sp³-hybridized carbons (Fsp3) is 0.562. The molecule has 4 heteroatoms. The summed E-state index contributed by atoms with van der Waals surface area (Å²) in [6, 6.07) is 10.2. The summed E-state index contributed by atoms with van der Waals surface area (Å²) in [7, 11) is 0. The second kappa shape index (κ2) is 6.75. The largest absolute Gasteiger partial charge is 0.393 e. The molecule has 4 unspecified atom stereocenters. The van der Waals surface area contributed by atoms with Crippen molar-refractivity contribution in [1.29, 1.82) is 0 Å². The van der Waals surface area contributed by atoms with Gasteiger partial charge in [-0.15, -0.1) is 0 Å². The van der Waals surface area contributed by atoms with Gasteiger partial charge in [-0.25, -0.2) is 4.79 Å². The lowest BCUT2D eigenvalue weighted by Gasteiger charge is -2.20.